The van der Waals surface area contributed by atoms with Gasteiger partial charge in [-0.15, -0.1) is 0 Å². The van der Waals surface area contributed by atoms with Gasteiger partial charge in [0.05, 0.1) is 13.2 Å². The highest BCUT2D eigenvalue weighted by Gasteiger charge is 2.43. The van der Waals surface area contributed by atoms with E-state index in [1.54, 1.807) is 20.8 Å². The highest BCUT2D eigenvalue weighted by molar-refractivity contribution is 9.11. The average molecular weight is 463 g/mol. The van der Waals surface area contributed by atoms with Gasteiger partial charge in [-0.05, 0) is 38.9 Å². The number of urea groups is 1. The van der Waals surface area contributed by atoms with E-state index in [0.29, 0.717) is 6.61 Å². The number of imide groups is 1. The second-order valence-electron chi connectivity index (χ2n) is 9.02. The molecule has 1 rings (SSSR count). The van der Waals surface area contributed by atoms with Crippen LogP contribution < -0.4 is 0 Å². The molecule has 1 heterocycles. The van der Waals surface area contributed by atoms with Gasteiger partial charge in [0.15, 0.2) is 8.32 Å². The average Bonchev–Trinajstić information content (AvgIpc) is 2.68. The molecule has 154 valence electrons. The maximum atomic E-state index is 12.7. The van der Waals surface area contributed by atoms with Crippen LogP contribution in [0.2, 0.25) is 18.1 Å². The Kier molecular flexibility index (Phi) is 7.46. The Morgan fingerprint density at radius 1 is 1.11 bits per heavy atom. The minimum Gasteiger partial charge on any atom is -0.459 e. The summed E-state index contributed by atoms with van der Waals surface area (Å²) in [4.78, 5) is 40.8. The van der Waals surface area contributed by atoms with E-state index >= 15 is 0 Å². The summed E-state index contributed by atoms with van der Waals surface area (Å²) in [5, 5.41) is 0.0503. The Bertz CT molecular complexity index is 635. The molecule has 0 aromatic rings. The first-order valence-corrected chi connectivity index (χ1v) is 12.7. The molecule has 3 amide bonds. The Morgan fingerprint density at radius 2 is 1.67 bits per heavy atom. The molecule has 1 aliphatic rings. The second kappa shape index (κ2) is 8.44. The number of carbonyl (C=O) groups excluding carboxylic acids is 3. The molecule has 27 heavy (non-hydrogen) atoms. The van der Waals surface area contributed by atoms with Gasteiger partial charge in [0.25, 0.3) is 5.91 Å². The predicted molar refractivity (Wildman–Crippen MR) is 110 cm³/mol. The molecular weight excluding hydrogens is 432 g/mol. The molecule has 0 spiro atoms. The molecule has 0 aromatic heterocycles. The Balaban J connectivity index is 2.81. The van der Waals surface area contributed by atoms with Crippen molar-refractivity contribution in [2.45, 2.75) is 65.3 Å². The number of ether oxygens (including phenoxy) is 1. The normalized spacial score (nSPS) is 17.9. The zero-order valence-corrected chi connectivity index (χ0v) is 20.1. The lowest BCUT2D eigenvalue weighted by Gasteiger charge is -2.36. The van der Waals surface area contributed by atoms with Crippen molar-refractivity contribution in [2.75, 3.05) is 19.7 Å². The fourth-order valence-corrected chi connectivity index (χ4v) is 3.64. The summed E-state index contributed by atoms with van der Waals surface area (Å²) in [6.07, 6.45) is 0. The number of hydrogen-bond donors (Lipinski definition) is 0. The van der Waals surface area contributed by atoms with E-state index in [4.69, 9.17) is 9.16 Å². The van der Waals surface area contributed by atoms with Gasteiger partial charge in [-0.2, -0.15) is 0 Å². The van der Waals surface area contributed by atoms with Crippen molar-refractivity contribution < 1.29 is 23.5 Å². The number of halogens is 1. The van der Waals surface area contributed by atoms with Crippen molar-refractivity contribution in [1.29, 1.82) is 0 Å². The summed E-state index contributed by atoms with van der Waals surface area (Å²) < 4.78 is 11.3. The highest BCUT2D eigenvalue weighted by atomic mass is 79.9. The summed E-state index contributed by atoms with van der Waals surface area (Å²) in [5.41, 5.74) is -0.504. The number of hydrogen-bond acceptors (Lipinski definition) is 5. The molecule has 0 bridgehead atoms. The lowest BCUT2D eigenvalue weighted by Crippen LogP contribution is -2.43. The molecule has 0 radical (unpaired) electrons. The zero-order chi connectivity index (χ0) is 21.2. The third-order valence-electron chi connectivity index (χ3n) is 4.61. The van der Waals surface area contributed by atoms with Crippen molar-refractivity contribution in [3.8, 4) is 0 Å². The Labute approximate surface area is 171 Å². The largest absolute Gasteiger partial charge is 0.459 e. The van der Waals surface area contributed by atoms with Gasteiger partial charge < -0.3 is 9.16 Å². The maximum Gasteiger partial charge on any atom is 0.332 e. The third kappa shape index (κ3) is 6.15. The summed E-state index contributed by atoms with van der Waals surface area (Å²) in [7, 11) is -1.96. The van der Waals surface area contributed by atoms with E-state index in [2.05, 4.69) is 49.8 Å². The number of esters is 1. The van der Waals surface area contributed by atoms with Gasteiger partial charge in [-0.3, -0.25) is 14.5 Å². The second-order valence-corrected chi connectivity index (χ2v) is 14.3. The van der Waals surface area contributed by atoms with Crippen LogP contribution in [0.15, 0.2) is 10.7 Å². The zero-order valence-electron chi connectivity index (χ0n) is 17.5. The molecule has 1 saturated heterocycles. The first kappa shape index (κ1) is 23.8. The van der Waals surface area contributed by atoms with E-state index in [9.17, 15) is 14.4 Å². The molecule has 9 heteroatoms. The highest BCUT2D eigenvalue weighted by Crippen LogP contribution is 2.36. The molecular formula is C18H31BrN2O5Si. The molecule has 0 aromatic carbocycles. The van der Waals surface area contributed by atoms with Gasteiger partial charge in [-0.1, -0.05) is 36.7 Å². The van der Waals surface area contributed by atoms with Gasteiger partial charge in [-0.25, -0.2) is 9.69 Å². The van der Waals surface area contributed by atoms with Crippen LogP contribution in [0.5, 0.6) is 0 Å². The van der Waals surface area contributed by atoms with Gasteiger partial charge in [0, 0.05) is 4.99 Å². The van der Waals surface area contributed by atoms with Crippen LogP contribution in [0.3, 0.4) is 0 Å². The van der Waals surface area contributed by atoms with Gasteiger partial charge in [0.1, 0.15) is 17.8 Å². The van der Waals surface area contributed by atoms with Crippen LogP contribution in [-0.2, 0) is 18.8 Å². The number of nitrogens with zero attached hydrogens (tertiary/aromatic N) is 2. The third-order valence-corrected chi connectivity index (χ3v) is 9.58. The number of rotatable bonds is 6. The minimum absolute atomic E-state index is 0.0503. The van der Waals surface area contributed by atoms with E-state index in [1.165, 1.54) is 9.89 Å². The lowest BCUT2D eigenvalue weighted by atomic mass is 10.2. The quantitative estimate of drug-likeness (QED) is 0.259. The van der Waals surface area contributed by atoms with Crippen LogP contribution in [0, 0.1) is 0 Å². The smallest absolute Gasteiger partial charge is 0.332 e. The van der Waals surface area contributed by atoms with Crippen molar-refractivity contribution >= 4 is 42.2 Å². The summed E-state index contributed by atoms with van der Waals surface area (Å²) in [6, 6.07) is -0.546. The van der Waals surface area contributed by atoms with E-state index in [1.807, 2.05) is 0 Å². The Hall–Kier alpha value is -1.19. The van der Waals surface area contributed by atoms with Crippen LogP contribution in [0.4, 0.5) is 4.79 Å². The monoisotopic (exact) mass is 462 g/mol. The fourth-order valence-electron chi connectivity index (χ4n) is 2.16. The first-order chi connectivity index (χ1) is 12.1. The fraction of sp³-hybridized carbons (Fsp3) is 0.722. The standard InChI is InChI=1S/C18H31BrN2O5Si/c1-17(2,3)26-14(22)12-21-15(23)13(11-19)20(16(21)24)9-10-25-27(7,8)18(4,5)6/h11H,9-10,12H2,1-8H3/b13-11-. The van der Waals surface area contributed by atoms with Crippen LogP contribution in [0.1, 0.15) is 41.5 Å². The molecule has 0 saturated carbocycles. The predicted octanol–water partition coefficient (Wildman–Crippen LogP) is 3.85. The van der Waals surface area contributed by atoms with Crippen molar-refractivity contribution in [2.24, 2.45) is 0 Å². The molecule has 7 nitrogen and oxygen atoms in total. The first-order valence-electron chi connectivity index (χ1n) is 8.90. The summed E-state index contributed by atoms with van der Waals surface area (Å²) in [6.45, 7) is 16.0. The molecule has 0 atom stereocenters. The summed E-state index contributed by atoms with van der Waals surface area (Å²) in [5.74, 6) is -1.16. The molecule has 1 fully saturated rings. The summed E-state index contributed by atoms with van der Waals surface area (Å²) >= 11 is 3.14. The van der Waals surface area contributed by atoms with Crippen LogP contribution in [0.25, 0.3) is 0 Å². The molecule has 0 aliphatic carbocycles. The molecule has 0 N–H and O–H groups in total. The lowest BCUT2D eigenvalue weighted by molar-refractivity contribution is -0.156. The van der Waals surface area contributed by atoms with E-state index < -0.39 is 38.4 Å². The van der Waals surface area contributed by atoms with Crippen molar-refractivity contribution in [3.63, 3.8) is 0 Å². The topological polar surface area (TPSA) is 76.2 Å². The number of carbonyl (C=O) groups is 3. The van der Waals surface area contributed by atoms with Gasteiger partial charge >= 0.3 is 12.0 Å². The maximum absolute atomic E-state index is 12.7. The molecule has 1 aliphatic heterocycles. The van der Waals surface area contributed by atoms with Gasteiger partial charge in [0.2, 0.25) is 0 Å². The van der Waals surface area contributed by atoms with Crippen LogP contribution in [-0.4, -0.2) is 61.3 Å². The van der Waals surface area contributed by atoms with Crippen molar-refractivity contribution in [3.05, 3.63) is 10.7 Å². The number of amides is 3. The van der Waals surface area contributed by atoms with Crippen LogP contribution >= 0.6 is 15.9 Å². The Morgan fingerprint density at radius 3 is 2.11 bits per heavy atom. The SMILES string of the molecule is CC(C)(C)OC(=O)CN1C(=O)/C(=C/Br)N(CCO[Si](C)(C)C(C)(C)C)C1=O. The minimum atomic E-state index is -1.96. The van der Waals surface area contributed by atoms with Crippen molar-refractivity contribution in [1.82, 2.24) is 9.80 Å². The van der Waals surface area contributed by atoms with E-state index in [0.717, 1.165) is 4.90 Å². The molecule has 0 unspecified atom stereocenters. The van der Waals surface area contributed by atoms with E-state index in [-0.39, 0.29) is 17.3 Å².